The largest absolute Gasteiger partial charge is 0.490 e. The van der Waals surface area contributed by atoms with Gasteiger partial charge < -0.3 is 20.1 Å². The molecule has 2 N–H and O–H groups in total. The molecule has 1 aromatic rings. The van der Waals surface area contributed by atoms with Gasteiger partial charge in [0.25, 0.3) is 5.91 Å². The maximum atomic E-state index is 11.6. The Hall–Kier alpha value is -2.35. The van der Waals surface area contributed by atoms with Gasteiger partial charge in [-0.05, 0) is 19.0 Å². The van der Waals surface area contributed by atoms with Gasteiger partial charge in [-0.15, -0.1) is 0 Å². The van der Waals surface area contributed by atoms with E-state index in [1.54, 1.807) is 0 Å². The van der Waals surface area contributed by atoms with Gasteiger partial charge in [-0.2, -0.15) is 0 Å². The molecular formula is C14H21N3O5. The third kappa shape index (κ3) is 5.96. The highest BCUT2D eigenvalue weighted by Gasteiger charge is 2.15. The minimum Gasteiger partial charge on any atom is -0.490 e. The molecule has 0 bridgehead atoms. The lowest BCUT2D eigenvalue weighted by Gasteiger charge is -2.09. The maximum absolute atomic E-state index is 11.6. The van der Waals surface area contributed by atoms with Crippen LogP contribution in [0.5, 0.6) is 11.5 Å². The average molecular weight is 311 g/mol. The molecule has 1 amide bonds. The number of nitro benzene ring substituents is 1. The molecule has 0 radical (unpaired) electrons. The van der Waals surface area contributed by atoms with Crippen molar-refractivity contribution in [3.63, 3.8) is 0 Å². The second-order valence-corrected chi connectivity index (χ2v) is 4.48. The number of carbonyl (C=O) groups is 1. The summed E-state index contributed by atoms with van der Waals surface area (Å²) < 4.78 is 10.2. The van der Waals surface area contributed by atoms with Gasteiger partial charge in [-0.25, -0.2) is 0 Å². The first-order valence-electron chi connectivity index (χ1n) is 7.01. The molecule has 122 valence electrons. The summed E-state index contributed by atoms with van der Waals surface area (Å²) in [5.74, 6) is 0.170. The second-order valence-electron chi connectivity index (χ2n) is 4.48. The van der Waals surface area contributed by atoms with Crippen LogP contribution >= 0.6 is 0 Å². The summed E-state index contributed by atoms with van der Waals surface area (Å²) in [6.45, 7) is 4.04. The van der Waals surface area contributed by atoms with E-state index in [0.29, 0.717) is 18.8 Å². The van der Waals surface area contributed by atoms with E-state index >= 15 is 0 Å². The lowest BCUT2D eigenvalue weighted by molar-refractivity contribution is -0.385. The number of amides is 1. The summed E-state index contributed by atoms with van der Waals surface area (Å²) in [6, 6.07) is 4.09. The van der Waals surface area contributed by atoms with E-state index in [1.165, 1.54) is 25.3 Å². The smallest absolute Gasteiger partial charge is 0.311 e. The first kappa shape index (κ1) is 17.7. The van der Waals surface area contributed by atoms with Crippen LogP contribution in [-0.4, -0.2) is 44.2 Å². The molecule has 8 nitrogen and oxygen atoms in total. The standard InChI is InChI=1S/C14H21N3O5/c1-3-6-15-7-8-16-14(18)10-22-11-4-5-12(17(19)20)13(9-11)21-2/h4-5,9,15H,3,6-8,10H2,1-2H3,(H,16,18). The Morgan fingerprint density at radius 1 is 1.32 bits per heavy atom. The SMILES string of the molecule is CCCNCCNC(=O)COc1ccc([N+](=O)[O-])c(OC)c1. The van der Waals surface area contributed by atoms with E-state index < -0.39 is 4.92 Å². The van der Waals surface area contributed by atoms with Crippen LogP contribution < -0.4 is 20.1 Å². The minimum atomic E-state index is -0.543. The number of hydrogen-bond acceptors (Lipinski definition) is 6. The summed E-state index contributed by atoms with van der Waals surface area (Å²) in [5.41, 5.74) is -0.152. The van der Waals surface area contributed by atoms with Crippen LogP contribution in [0.25, 0.3) is 0 Å². The topological polar surface area (TPSA) is 103 Å². The molecule has 0 spiro atoms. The fourth-order valence-corrected chi connectivity index (χ4v) is 1.69. The van der Waals surface area contributed by atoms with Crippen LogP contribution in [0.4, 0.5) is 5.69 Å². The van der Waals surface area contributed by atoms with E-state index in [-0.39, 0.29) is 24.0 Å². The molecule has 0 atom stereocenters. The van der Waals surface area contributed by atoms with Gasteiger partial charge in [0.15, 0.2) is 6.61 Å². The molecule has 0 aliphatic heterocycles. The van der Waals surface area contributed by atoms with Gasteiger partial charge >= 0.3 is 5.69 Å². The Balaban J connectivity index is 2.41. The Morgan fingerprint density at radius 2 is 2.09 bits per heavy atom. The van der Waals surface area contributed by atoms with E-state index in [0.717, 1.165) is 13.0 Å². The summed E-state index contributed by atoms with van der Waals surface area (Å²) in [4.78, 5) is 21.8. The molecule has 22 heavy (non-hydrogen) atoms. The fourth-order valence-electron chi connectivity index (χ4n) is 1.69. The quantitative estimate of drug-likeness (QED) is 0.381. The van der Waals surface area contributed by atoms with Crippen LogP contribution in [0.1, 0.15) is 13.3 Å². The van der Waals surface area contributed by atoms with Gasteiger partial charge in [0.2, 0.25) is 5.75 Å². The lowest BCUT2D eigenvalue weighted by atomic mass is 10.3. The van der Waals surface area contributed by atoms with Gasteiger partial charge in [0.1, 0.15) is 5.75 Å². The Bertz CT molecular complexity index is 507. The predicted molar refractivity (Wildman–Crippen MR) is 81.3 cm³/mol. The molecule has 0 aliphatic rings. The number of benzene rings is 1. The Labute approximate surface area is 128 Å². The van der Waals surface area contributed by atoms with Crippen molar-refractivity contribution in [2.45, 2.75) is 13.3 Å². The third-order valence-corrected chi connectivity index (χ3v) is 2.77. The Morgan fingerprint density at radius 3 is 2.73 bits per heavy atom. The van der Waals surface area contributed by atoms with Crippen molar-refractivity contribution >= 4 is 11.6 Å². The Kier molecular flexibility index (Phi) is 7.69. The van der Waals surface area contributed by atoms with Crippen LogP contribution in [0, 0.1) is 10.1 Å². The van der Waals surface area contributed by atoms with E-state index in [4.69, 9.17) is 9.47 Å². The van der Waals surface area contributed by atoms with Gasteiger partial charge in [-0.3, -0.25) is 14.9 Å². The number of carbonyl (C=O) groups excluding carboxylic acids is 1. The van der Waals surface area contributed by atoms with Gasteiger partial charge in [0, 0.05) is 25.2 Å². The van der Waals surface area contributed by atoms with Crippen molar-refractivity contribution in [1.29, 1.82) is 0 Å². The zero-order valence-corrected chi connectivity index (χ0v) is 12.8. The number of ether oxygens (including phenoxy) is 2. The monoisotopic (exact) mass is 311 g/mol. The minimum absolute atomic E-state index is 0.0895. The molecule has 1 rings (SSSR count). The van der Waals surface area contributed by atoms with E-state index in [1.807, 2.05) is 0 Å². The van der Waals surface area contributed by atoms with Crippen LogP contribution in [0.3, 0.4) is 0 Å². The predicted octanol–water partition coefficient (Wildman–Crippen LogP) is 1.10. The van der Waals surface area contributed by atoms with E-state index in [9.17, 15) is 14.9 Å². The van der Waals surface area contributed by atoms with Crippen molar-refractivity contribution in [3.05, 3.63) is 28.3 Å². The normalized spacial score (nSPS) is 10.1. The lowest BCUT2D eigenvalue weighted by Crippen LogP contribution is -2.35. The molecule has 8 heteroatoms. The van der Waals surface area contributed by atoms with Crippen molar-refractivity contribution in [2.75, 3.05) is 33.4 Å². The van der Waals surface area contributed by atoms with Crippen molar-refractivity contribution in [2.24, 2.45) is 0 Å². The number of nitro groups is 1. The molecule has 0 fully saturated rings. The summed E-state index contributed by atoms with van der Waals surface area (Å²) in [7, 11) is 1.34. The summed E-state index contributed by atoms with van der Waals surface area (Å²) in [5, 5.41) is 16.6. The molecule has 0 unspecified atom stereocenters. The zero-order valence-electron chi connectivity index (χ0n) is 12.8. The van der Waals surface area contributed by atoms with E-state index in [2.05, 4.69) is 17.6 Å². The molecule has 0 aliphatic carbocycles. The first-order valence-corrected chi connectivity index (χ1v) is 7.01. The highest BCUT2D eigenvalue weighted by atomic mass is 16.6. The number of methoxy groups -OCH3 is 1. The highest BCUT2D eigenvalue weighted by Crippen LogP contribution is 2.30. The molecule has 1 aromatic carbocycles. The van der Waals surface area contributed by atoms with Crippen LogP contribution in [0.15, 0.2) is 18.2 Å². The average Bonchev–Trinajstić information content (AvgIpc) is 2.52. The van der Waals surface area contributed by atoms with Crippen molar-refractivity contribution < 1.29 is 19.2 Å². The maximum Gasteiger partial charge on any atom is 0.311 e. The van der Waals surface area contributed by atoms with Gasteiger partial charge in [-0.1, -0.05) is 6.92 Å². The van der Waals surface area contributed by atoms with Gasteiger partial charge in [0.05, 0.1) is 12.0 Å². The fraction of sp³-hybridized carbons (Fsp3) is 0.500. The number of nitrogens with one attached hydrogen (secondary N) is 2. The second kappa shape index (κ2) is 9.56. The molecular weight excluding hydrogens is 290 g/mol. The van der Waals surface area contributed by atoms with Crippen LogP contribution in [-0.2, 0) is 4.79 Å². The molecule has 0 saturated heterocycles. The summed E-state index contributed by atoms with van der Waals surface area (Å²) >= 11 is 0. The van der Waals surface area contributed by atoms with Crippen molar-refractivity contribution in [3.8, 4) is 11.5 Å². The number of nitrogens with zero attached hydrogens (tertiary/aromatic N) is 1. The van der Waals surface area contributed by atoms with Crippen LogP contribution in [0.2, 0.25) is 0 Å². The van der Waals surface area contributed by atoms with Crippen molar-refractivity contribution in [1.82, 2.24) is 10.6 Å². The summed E-state index contributed by atoms with van der Waals surface area (Å²) in [6.07, 6.45) is 1.04. The number of hydrogen-bond donors (Lipinski definition) is 2. The first-order chi connectivity index (χ1) is 10.6. The third-order valence-electron chi connectivity index (χ3n) is 2.77. The zero-order chi connectivity index (χ0) is 16.4. The molecule has 0 saturated carbocycles. The molecule has 0 heterocycles. The highest BCUT2D eigenvalue weighted by molar-refractivity contribution is 5.77. The molecule has 0 aromatic heterocycles. The number of rotatable bonds is 10.